The van der Waals surface area contributed by atoms with Crippen molar-refractivity contribution in [2.45, 2.75) is 31.9 Å². The number of carbonyl (C=O) groups excluding carboxylic acids is 1. The van der Waals surface area contributed by atoms with Crippen LogP contribution in [0.25, 0.3) is 11.0 Å². The average Bonchev–Trinajstić information content (AvgIpc) is 2.89. The Morgan fingerprint density at radius 3 is 2.96 bits per heavy atom. The van der Waals surface area contributed by atoms with Crippen LogP contribution in [0.4, 0.5) is 0 Å². The van der Waals surface area contributed by atoms with Gasteiger partial charge >= 0.3 is 0 Å². The van der Waals surface area contributed by atoms with Gasteiger partial charge in [0.15, 0.2) is 0 Å². The molecule has 3 N–H and O–H groups in total. The van der Waals surface area contributed by atoms with Crippen LogP contribution in [-0.4, -0.2) is 63.8 Å². The number of likely N-dealkylation sites (tertiary alicyclic amines) is 1. The number of hydrogen-bond acceptors (Lipinski definition) is 6. The minimum Gasteiger partial charge on any atom is -0.496 e. The molecule has 1 fully saturated rings. The monoisotopic (exact) mass is 333 g/mol. The molecule has 1 amide bonds. The average molecular weight is 333 g/mol. The Bertz CT molecular complexity index is 745. The van der Waals surface area contributed by atoms with Crippen LogP contribution in [0.3, 0.4) is 0 Å². The summed E-state index contributed by atoms with van der Waals surface area (Å²) in [7, 11) is 1.50. The lowest BCUT2D eigenvalue weighted by atomic mass is 10.1. The van der Waals surface area contributed by atoms with E-state index in [4.69, 9.17) is 10.5 Å². The van der Waals surface area contributed by atoms with E-state index in [-0.39, 0.29) is 17.7 Å². The number of aromatic nitrogens is 3. The molecule has 0 radical (unpaired) electrons. The SMILES string of the molecule is CCN1CCC(O)CC(n2nnc3cc(C(N)=O)c(OC)cc32)C1. The topological polar surface area (TPSA) is 107 Å². The molecule has 1 saturated heterocycles. The number of nitrogens with two attached hydrogens (primary N) is 1. The van der Waals surface area contributed by atoms with Crippen LogP contribution >= 0.6 is 0 Å². The molecule has 0 spiro atoms. The molecule has 0 saturated carbocycles. The minimum absolute atomic E-state index is 0.0107. The van der Waals surface area contributed by atoms with Crippen LogP contribution in [0.2, 0.25) is 0 Å². The van der Waals surface area contributed by atoms with Crippen molar-refractivity contribution < 1.29 is 14.6 Å². The van der Waals surface area contributed by atoms with Gasteiger partial charge in [0, 0.05) is 19.2 Å². The molecule has 8 heteroatoms. The third-order valence-corrected chi connectivity index (χ3v) is 4.64. The summed E-state index contributed by atoms with van der Waals surface area (Å²) in [6.07, 6.45) is 1.01. The molecule has 2 heterocycles. The Kier molecular flexibility index (Phi) is 4.68. The first-order valence-electron chi connectivity index (χ1n) is 8.16. The molecule has 1 aromatic heterocycles. The summed E-state index contributed by atoms with van der Waals surface area (Å²) >= 11 is 0. The quantitative estimate of drug-likeness (QED) is 0.846. The van der Waals surface area contributed by atoms with Gasteiger partial charge in [0.05, 0.1) is 30.3 Å². The van der Waals surface area contributed by atoms with Crippen molar-refractivity contribution in [3.8, 4) is 5.75 Å². The van der Waals surface area contributed by atoms with Gasteiger partial charge in [-0.3, -0.25) is 4.79 Å². The molecule has 2 aromatic rings. The number of aliphatic hydroxyl groups excluding tert-OH is 1. The number of carbonyl (C=O) groups is 1. The fourth-order valence-electron chi connectivity index (χ4n) is 3.29. The summed E-state index contributed by atoms with van der Waals surface area (Å²) in [5.74, 6) is -0.162. The Morgan fingerprint density at radius 2 is 2.29 bits per heavy atom. The van der Waals surface area contributed by atoms with Gasteiger partial charge in [0.2, 0.25) is 0 Å². The van der Waals surface area contributed by atoms with E-state index in [1.165, 1.54) is 7.11 Å². The fraction of sp³-hybridized carbons (Fsp3) is 0.562. The number of aliphatic hydroxyl groups is 1. The van der Waals surface area contributed by atoms with Crippen molar-refractivity contribution in [1.29, 1.82) is 0 Å². The molecule has 2 atom stereocenters. The predicted molar refractivity (Wildman–Crippen MR) is 89.0 cm³/mol. The molecule has 24 heavy (non-hydrogen) atoms. The summed E-state index contributed by atoms with van der Waals surface area (Å²) in [6.45, 7) is 4.70. The number of primary amides is 1. The Balaban J connectivity index is 2.04. The number of nitrogens with zero attached hydrogens (tertiary/aromatic N) is 4. The maximum Gasteiger partial charge on any atom is 0.252 e. The van der Waals surface area contributed by atoms with Crippen LogP contribution < -0.4 is 10.5 Å². The van der Waals surface area contributed by atoms with Crippen LogP contribution in [-0.2, 0) is 0 Å². The van der Waals surface area contributed by atoms with Gasteiger partial charge in [-0.2, -0.15) is 0 Å². The number of methoxy groups -OCH3 is 1. The van der Waals surface area contributed by atoms with Crippen molar-refractivity contribution in [3.05, 3.63) is 17.7 Å². The third-order valence-electron chi connectivity index (χ3n) is 4.64. The second-order valence-corrected chi connectivity index (χ2v) is 6.16. The lowest BCUT2D eigenvalue weighted by Crippen LogP contribution is -2.30. The van der Waals surface area contributed by atoms with E-state index >= 15 is 0 Å². The van der Waals surface area contributed by atoms with Gasteiger partial charge in [0.1, 0.15) is 11.3 Å². The third kappa shape index (κ3) is 3.07. The van der Waals surface area contributed by atoms with Gasteiger partial charge in [-0.25, -0.2) is 4.68 Å². The summed E-state index contributed by atoms with van der Waals surface area (Å²) in [5.41, 5.74) is 7.04. The zero-order valence-corrected chi connectivity index (χ0v) is 14.0. The fourth-order valence-corrected chi connectivity index (χ4v) is 3.29. The van der Waals surface area contributed by atoms with Gasteiger partial charge in [-0.1, -0.05) is 12.1 Å². The molecule has 1 aliphatic heterocycles. The van der Waals surface area contributed by atoms with Crippen LogP contribution in [0.15, 0.2) is 12.1 Å². The number of amides is 1. The van der Waals surface area contributed by atoms with E-state index in [0.717, 1.165) is 31.6 Å². The maximum absolute atomic E-state index is 11.6. The van der Waals surface area contributed by atoms with Gasteiger partial charge in [-0.05, 0) is 25.5 Å². The molecule has 8 nitrogen and oxygen atoms in total. The summed E-state index contributed by atoms with van der Waals surface area (Å²) in [4.78, 5) is 13.8. The molecular formula is C16H23N5O3. The first-order chi connectivity index (χ1) is 11.5. The first-order valence-corrected chi connectivity index (χ1v) is 8.16. The number of ether oxygens (including phenoxy) is 1. The van der Waals surface area contributed by atoms with E-state index < -0.39 is 5.91 Å². The van der Waals surface area contributed by atoms with Crippen molar-refractivity contribution >= 4 is 16.9 Å². The Hall–Kier alpha value is -2.19. The molecule has 0 aliphatic carbocycles. The van der Waals surface area contributed by atoms with E-state index in [9.17, 15) is 9.90 Å². The van der Waals surface area contributed by atoms with E-state index in [2.05, 4.69) is 22.1 Å². The molecule has 0 bridgehead atoms. The van der Waals surface area contributed by atoms with Crippen molar-refractivity contribution in [3.63, 3.8) is 0 Å². The Morgan fingerprint density at radius 1 is 1.50 bits per heavy atom. The first kappa shape index (κ1) is 16.7. The van der Waals surface area contributed by atoms with Crippen LogP contribution in [0, 0.1) is 0 Å². The van der Waals surface area contributed by atoms with Gasteiger partial charge in [-0.15, -0.1) is 5.10 Å². The molecule has 1 aliphatic rings. The zero-order chi connectivity index (χ0) is 17.3. The molecular weight excluding hydrogens is 310 g/mol. The molecule has 3 rings (SSSR count). The molecule has 130 valence electrons. The number of likely N-dealkylation sites (N-methyl/N-ethyl adjacent to an activating group) is 1. The highest BCUT2D eigenvalue weighted by Gasteiger charge is 2.26. The van der Waals surface area contributed by atoms with E-state index in [1.54, 1.807) is 12.1 Å². The number of benzene rings is 1. The maximum atomic E-state index is 11.6. The summed E-state index contributed by atoms with van der Waals surface area (Å²) < 4.78 is 7.10. The Labute approximate surface area is 140 Å². The van der Waals surface area contributed by atoms with Gasteiger partial charge < -0.3 is 20.5 Å². The highest BCUT2D eigenvalue weighted by atomic mass is 16.5. The standard InChI is InChI=1S/C16H23N5O3/c1-3-20-5-4-11(22)6-10(9-20)21-14-8-15(24-2)12(16(17)23)7-13(14)18-19-21/h7-8,10-11,22H,3-6,9H2,1-2H3,(H2,17,23). The molecule has 1 aromatic carbocycles. The lowest BCUT2D eigenvalue weighted by molar-refractivity contribution is 0.0997. The normalized spacial score (nSPS) is 22.5. The van der Waals surface area contributed by atoms with Gasteiger partial charge in [0.25, 0.3) is 5.91 Å². The number of hydrogen-bond donors (Lipinski definition) is 2. The largest absolute Gasteiger partial charge is 0.496 e. The van der Waals surface area contributed by atoms with Crippen molar-refractivity contribution in [2.24, 2.45) is 5.73 Å². The van der Waals surface area contributed by atoms with E-state index in [0.29, 0.717) is 17.7 Å². The smallest absolute Gasteiger partial charge is 0.252 e. The van der Waals surface area contributed by atoms with Crippen LogP contribution in [0.5, 0.6) is 5.75 Å². The number of rotatable bonds is 4. The van der Waals surface area contributed by atoms with Crippen molar-refractivity contribution in [1.82, 2.24) is 19.9 Å². The highest BCUT2D eigenvalue weighted by molar-refractivity contribution is 5.99. The lowest BCUT2D eigenvalue weighted by Gasteiger charge is -2.23. The van der Waals surface area contributed by atoms with E-state index in [1.807, 2.05) is 4.68 Å². The second-order valence-electron chi connectivity index (χ2n) is 6.16. The number of fused-ring (bicyclic) bond motifs is 1. The molecule has 2 unspecified atom stereocenters. The highest BCUT2D eigenvalue weighted by Crippen LogP contribution is 2.29. The predicted octanol–water partition coefficient (Wildman–Crippen LogP) is 0.556. The summed E-state index contributed by atoms with van der Waals surface area (Å²) in [6, 6.07) is 3.35. The van der Waals surface area contributed by atoms with Crippen LogP contribution in [0.1, 0.15) is 36.2 Å². The summed E-state index contributed by atoms with van der Waals surface area (Å²) in [5, 5.41) is 18.6. The zero-order valence-electron chi connectivity index (χ0n) is 14.0. The second kappa shape index (κ2) is 6.74. The minimum atomic E-state index is -0.564. The van der Waals surface area contributed by atoms with Crippen molar-refractivity contribution in [2.75, 3.05) is 26.7 Å².